The third kappa shape index (κ3) is 2.66. The van der Waals surface area contributed by atoms with Crippen molar-refractivity contribution in [2.45, 2.75) is 96.3 Å². The molecule has 0 heterocycles. The van der Waals surface area contributed by atoms with E-state index in [0.29, 0.717) is 33.5 Å². The molecule has 182 valence electrons. The Bertz CT molecular complexity index is 1080. The minimum atomic E-state index is -1.12. The summed E-state index contributed by atoms with van der Waals surface area (Å²) < 4.78 is 0. The maximum absolute atomic E-state index is 12.5. The first-order chi connectivity index (χ1) is 16.0. The highest BCUT2D eigenvalue weighted by Gasteiger charge is 2.71. The van der Waals surface area contributed by atoms with Crippen molar-refractivity contribution in [3.05, 3.63) is 34.9 Å². The van der Waals surface area contributed by atoms with Crippen molar-refractivity contribution in [3.63, 3.8) is 0 Å². The van der Waals surface area contributed by atoms with Crippen LogP contribution in [0, 0.1) is 39.4 Å². The molecule has 4 unspecified atom stereocenters. The summed E-state index contributed by atoms with van der Waals surface area (Å²) in [5.41, 5.74) is 2.33. The first kappa shape index (κ1) is 21.4. The van der Waals surface area contributed by atoms with Crippen LogP contribution < -0.4 is 0 Å². The van der Waals surface area contributed by atoms with Crippen LogP contribution in [0.25, 0.3) is 0 Å². The number of carbonyl (C=O) groups is 2. The maximum Gasteiger partial charge on any atom is 0.336 e. The number of hydrogen-bond donors (Lipinski definition) is 2. The predicted molar refractivity (Wildman–Crippen MR) is 129 cm³/mol. The molecule has 1 aromatic rings. The van der Waals surface area contributed by atoms with E-state index < -0.39 is 11.9 Å². The molecule has 2 N–H and O–H groups in total. The molecule has 0 amide bonds. The minimum Gasteiger partial charge on any atom is -0.478 e. The lowest BCUT2D eigenvalue weighted by atomic mass is 9.29. The van der Waals surface area contributed by atoms with Crippen molar-refractivity contribution < 1.29 is 19.8 Å². The summed E-state index contributed by atoms with van der Waals surface area (Å²) in [6.07, 6.45) is 15.4. The molecule has 4 nitrogen and oxygen atoms in total. The zero-order chi connectivity index (χ0) is 23.7. The summed E-state index contributed by atoms with van der Waals surface area (Å²) in [4.78, 5) is 24.5. The van der Waals surface area contributed by atoms with Crippen molar-refractivity contribution in [3.8, 4) is 0 Å². The third-order valence-corrected chi connectivity index (χ3v) is 11.9. The summed E-state index contributed by atoms with van der Waals surface area (Å²) in [7, 11) is 0. The minimum absolute atomic E-state index is 0.0374. The molecule has 8 aliphatic rings. The van der Waals surface area contributed by atoms with E-state index in [1.54, 1.807) is 6.07 Å². The molecule has 8 bridgehead atoms. The number of carboxylic acid groups (broad SMARTS) is 2. The van der Waals surface area contributed by atoms with Gasteiger partial charge in [0.1, 0.15) is 0 Å². The van der Waals surface area contributed by atoms with E-state index >= 15 is 0 Å². The van der Waals surface area contributed by atoms with Gasteiger partial charge in [-0.15, -0.1) is 0 Å². The van der Waals surface area contributed by atoms with Gasteiger partial charge in [0.05, 0.1) is 11.1 Å². The summed E-state index contributed by atoms with van der Waals surface area (Å²) >= 11 is 0. The first-order valence-corrected chi connectivity index (χ1v) is 13.6. The van der Waals surface area contributed by atoms with Crippen molar-refractivity contribution in [1.82, 2.24) is 0 Å². The molecule has 4 heteroatoms. The van der Waals surface area contributed by atoms with Crippen LogP contribution in [0.5, 0.6) is 0 Å². The Kier molecular flexibility index (Phi) is 3.96. The summed E-state index contributed by atoms with van der Waals surface area (Å²) in [5, 5.41) is 20.0. The fourth-order valence-electron chi connectivity index (χ4n) is 12.6. The van der Waals surface area contributed by atoms with Crippen LogP contribution in [0.15, 0.2) is 18.2 Å². The summed E-state index contributed by atoms with van der Waals surface area (Å²) in [6.45, 7) is 5.14. The van der Waals surface area contributed by atoms with Gasteiger partial charge in [0.2, 0.25) is 0 Å². The number of benzene rings is 1. The van der Waals surface area contributed by atoms with E-state index in [2.05, 4.69) is 13.8 Å². The zero-order valence-corrected chi connectivity index (χ0v) is 20.7. The highest BCUT2D eigenvalue weighted by atomic mass is 16.4. The Morgan fingerprint density at radius 3 is 1.91 bits per heavy atom. The van der Waals surface area contributed by atoms with Crippen LogP contribution in [0.1, 0.15) is 117 Å². The third-order valence-electron chi connectivity index (χ3n) is 11.9. The first-order valence-electron chi connectivity index (χ1n) is 13.6. The van der Waals surface area contributed by atoms with Crippen LogP contribution in [-0.4, -0.2) is 22.2 Å². The van der Waals surface area contributed by atoms with Gasteiger partial charge in [-0.05, 0) is 134 Å². The Hall–Kier alpha value is -1.84. The van der Waals surface area contributed by atoms with Gasteiger partial charge in [0.25, 0.3) is 0 Å². The van der Waals surface area contributed by atoms with E-state index in [9.17, 15) is 19.8 Å². The lowest BCUT2D eigenvalue weighted by Crippen LogP contribution is -2.66. The van der Waals surface area contributed by atoms with Gasteiger partial charge in [-0.3, -0.25) is 0 Å². The van der Waals surface area contributed by atoms with Crippen LogP contribution in [-0.2, 0) is 5.41 Å². The van der Waals surface area contributed by atoms with E-state index in [0.717, 1.165) is 30.7 Å². The van der Waals surface area contributed by atoms with Crippen molar-refractivity contribution in [2.75, 3.05) is 0 Å². The molecular formula is C30H38O4. The maximum atomic E-state index is 12.5. The molecule has 0 saturated heterocycles. The molecule has 8 fully saturated rings. The lowest BCUT2D eigenvalue weighted by molar-refractivity contribution is -0.242. The SMILES string of the molecule is CC12CC3CC(C)(C1)CC(C14CC5CC(CC(c6cccc(C(=O)O)c6C(=O)O)(C5)C1)C4)(C3)C2. The number of rotatable bonds is 4. The Morgan fingerprint density at radius 1 is 0.735 bits per heavy atom. The van der Waals surface area contributed by atoms with Gasteiger partial charge in [0.15, 0.2) is 0 Å². The van der Waals surface area contributed by atoms with Crippen LogP contribution in [0.3, 0.4) is 0 Å². The number of aromatic carboxylic acids is 2. The quantitative estimate of drug-likeness (QED) is 0.509. The Morgan fingerprint density at radius 2 is 1.35 bits per heavy atom. The highest BCUT2D eigenvalue weighted by molar-refractivity contribution is 6.03. The molecule has 0 aromatic heterocycles. The van der Waals surface area contributed by atoms with Crippen molar-refractivity contribution in [1.29, 1.82) is 0 Å². The van der Waals surface area contributed by atoms with Gasteiger partial charge in [0, 0.05) is 0 Å². The molecule has 0 aliphatic heterocycles. The molecule has 0 radical (unpaired) electrons. The second-order valence-electron chi connectivity index (χ2n) is 14.8. The highest BCUT2D eigenvalue weighted by Crippen LogP contribution is 2.80. The van der Waals surface area contributed by atoms with Gasteiger partial charge >= 0.3 is 11.9 Å². The van der Waals surface area contributed by atoms with Crippen molar-refractivity contribution in [2.24, 2.45) is 39.4 Å². The Labute approximate surface area is 202 Å². The van der Waals surface area contributed by atoms with Gasteiger partial charge in [-0.2, -0.15) is 0 Å². The molecule has 1 aromatic carbocycles. The molecule has 9 rings (SSSR count). The lowest BCUT2D eigenvalue weighted by Gasteiger charge is -2.75. The van der Waals surface area contributed by atoms with E-state index in [-0.39, 0.29) is 16.5 Å². The normalized spacial score (nSPS) is 50.0. The summed E-state index contributed by atoms with van der Waals surface area (Å²) in [5.74, 6) is -0.0247. The van der Waals surface area contributed by atoms with Gasteiger partial charge in [-0.25, -0.2) is 9.59 Å². The topological polar surface area (TPSA) is 74.6 Å². The average Bonchev–Trinajstić information content (AvgIpc) is 2.69. The molecule has 8 aliphatic carbocycles. The largest absolute Gasteiger partial charge is 0.478 e. The standard InChI is InChI=1S/C30H38O4/c1-26-7-20-8-27(2,14-26)16-30(13-20,15-26)29-11-18-6-19(12-29)10-28(9-18,17-29)22-5-3-4-21(24(31)32)23(22)25(33)34/h3-5,18-20H,6-17H2,1-2H3,(H,31,32)(H,33,34). The summed E-state index contributed by atoms with van der Waals surface area (Å²) in [6, 6.07) is 5.24. The van der Waals surface area contributed by atoms with Crippen LogP contribution in [0.2, 0.25) is 0 Å². The van der Waals surface area contributed by atoms with Crippen LogP contribution >= 0.6 is 0 Å². The molecule has 0 spiro atoms. The van der Waals surface area contributed by atoms with Gasteiger partial charge < -0.3 is 10.2 Å². The van der Waals surface area contributed by atoms with E-state index in [4.69, 9.17) is 0 Å². The molecular weight excluding hydrogens is 424 g/mol. The van der Waals surface area contributed by atoms with E-state index in [1.165, 1.54) is 63.9 Å². The Balaban J connectivity index is 1.38. The van der Waals surface area contributed by atoms with Crippen LogP contribution in [0.4, 0.5) is 0 Å². The van der Waals surface area contributed by atoms with E-state index in [1.807, 2.05) is 6.07 Å². The number of hydrogen-bond acceptors (Lipinski definition) is 2. The zero-order valence-electron chi connectivity index (χ0n) is 20.7. The molecule has 34 heavy (non-hydrogen) atoms. The monoisotopic (exact) mass is 462 g/mol. The molecule has 4 atom stereocenters. The fraction of sp³-hybridized carbons (Fsp3) is 0.733. The van der Waals surface area contributed by atoms with Crippen molar-refractivity contribution >= 4 is 11.9 Å². The smallest absolute Gasteiger partial charge is 0.336 e. The fourth-order valence-corrected chi connectivity index (χ4v) is 12.6. The second-order valence-corrected chi connectivity index (χ2v) is 14.8. The molecule has 8 saturated carbocycles. The average molecular weight is 463 g/mol. The number of carboxylic acids is 2. The predicted octanol–water partition coefficient (Wildman–Crippen LogP) is 6.92. The second kappa shape index (κ2) is 6.28. The van der Waals surface area contributed by atoms with Gasteiger partial charge in [-0.1, -0.05) is 26.0 Å².